The van der Waals surface area contributed by atoms with Crippen LogP contribution in [0.25, 0.3) is 0 Å². The molecule has 0 unspecified atom stereocenters. The van der Waals surface area contributed by atoms with Crippen LogP contribution in [0.3, 0.4) is 0 Å². The summed E-state index contributed by atoms with van der Waals surface area (Å²) in [5, 5.41) is 9.96. The average Bonchev–Trinajstić information content (AvgIpc) is 2.15. The molecule has 14 heavy (non-hydrogen) atoms. The van der Waals surface area contributed by atoms with Gasteiger partial charge in [0.25, 0.3) is 0 Å². The number of aryl methyl sites for hydroxylation is 1. The van der Waals surface area contributed by atoms with Crippen LogP contribution in [-0.4, -0.2) is 11.7 Å². The molecule has 0 aliphatic carbocycles. The van der Waals surface area contributed by atoms with E-state index in [1.165, 1.54) is 5.56 Å². The highest BCUT2D eigenvalue weighted by Gasteiger charge is 2.24. The molecule has 0 fully saturated rings. The van der Waals surface area contributed by atoms with Crippen molar-refractivity contribution in [2.75, 3.05) is 6.61 Å². The van der Waals surface area contributed by atoms with Crippen molar-refractivity contribution in [1.82, 2.24) is 0 Å². The summed E-state index contributed by atoms with van der Waals surface area (Å²) >= 11 is 0. The van der Waals surface area contributed by atoms with Crippen LogP contribution in [0.1, 0.15) is 31.4 Å². The molecule has 2 nitrogen and oxygen atoms in total. The minimum absolute atomic E-state index is 0.764. The van der Waals surface area contributed by atoms with E-state index in [9.17, 15) is 5.11 Å². The number of rotatable bonds is 1. The lowest BCUT2D eigenvalue weighted by Gasteiger charge is -2.26. The molecule has 0 aromatic heterocycles. The average molecular weight is 192 g/mol. The van der Waals surface area contributed by atoms with Crippen molar-refractivity contribution in [3.8, 4) is 5.75 Å². The fraction of sp³-hybridized carbons (Fsp3) is 0.500. The first kappa shape index (κ1) is 9.53. The monoisotopic (exact) mass is 192 g/mol. The van der Waals surface area contributed by atoms with Gasteiger partial charge in [-0.1, -0.05) is 18.2 Å². The Labute approximate surface area is 84.5 Å². The normalized spacial score (nSPS) is 15.9. The first-order valence-electron chi connectivity index (χ1n) is 5.06. The van der Waals surface area contributed by atoms with Crippen molar-refractivity contribution >= 4 is 0 Å². The Hall–Kier alpha value is -1.02. The molecular weight excluding hydrogens is 176 g/mol. The van der Waals surface area contributed by atoms with Gasteiger partial charge in [0, 0.05) is 5.56 Å². The third kappa shape index (κ3) is 1.62. The molecule has 0 saturated carbocycles. The maximum atomic E-state index is 9.96. The summed E-state index contributed by atoms with van der Waals surface area (Å²) in [6, 6.07) is 5.99. The van der Waals surface area contributed by atoms with Crippen LogP contribution in [0.5, 0.6) is 5.75 Å². The van der Waals surface area contributed by atoms with Crippen LogP contribution < -0.4 is 4.74 Å². The molecule has 1 aliphatic rings. The molecule has 2 heteroatoms. The Morgan fingerprint density at radius 2 is 2.14 bits per heavy atom. The van der Waals surface area contributed by atoms with E-state index in [-0.39, 0.29) is 0 Å². The van der Waals surface area contributed by atoms with E-state index in [2.05, 4.69) is 6.07 Å². The van der Waals surface area contributed by atoms with E-state index in [1.54, 1.807) is 13.8 Å². The first-order valence-corrected chi connectivity index (χ1v) is 5.06. The second kappa shape index (κ2) is 3.28. The molecular formula is C12H16O2. The number of ether oxygens (including phenoxy) is 1. The fourth-order valence-corrected chi connectivity index (χ4v) is 1.87. The summed E-state index contributed by atoms with van der Waals surface area (Å²) < 4.78 is 5.62. The number of hydrogen-bond donors (Lipinski definition) is 1. The predicted molar refractivity (Wildman–Crippen MR) is 55.5 cm³/mol. The molecule has 76 valence electrons. The molecule has 0 bridgehead atoms. The lowest BCUT2D eigenvalue weighted by atomic mass is 9.93. The van der Waals surface area contributed by atoms with Gasteiger partial charge in [-0.3, -0.25) is 0 Å². The summed E-state index contributed by atoms with van der Waals surface area (Å²) in [7, 11) is 0. The second-order valence-corrected chi connectivity index (χ2v) is 4.30. The Morgan fingerprint density at radius 3 is 2.86 bits per heavy atom. The van der Waals surface area contributed by atoms with Gasteiger partial charge in [-0.2, -0.15) is 0 Å². The van der Waals surface area contributed by atoms with Crippen LogP contribution in [-0.2, 0) is 12.0 Å². The number of hydrogen-bond acceptors (Lipinski definition) is 2. The Bertz CT molecular complexity index is 337. The van der Waals surface area contributed by atoms with Gasteiger partial charge in [0.05, 0.1) is 12.2 Å². The van der Waals surface area contributed by atoms with Crippen molar-refractivity contribution in [2.45, 2.75) is 32.3 Å². The zero-order chi connectivity index (χ0) is 10.2. The van der Waals surface area contributed by atoms with Gasteiger partial charge >= 0.3 is 0 Å². The molecule has 0 radical (unpaired) electrons. The Balaban J connectivity index is 2.51. The Morgan fingerprint density at radius 1 is 1.36 bits per heavy atom. The van der Waals surface area contributed by atoms with Gasteiger partial charge in [0.1, 0.15) is 5.75 Å². The van der Waals surface area contributed by atoms with Crippen molar-refractivity contribution in [3.05, 3.63) is 29.3 Å². The van der Waals surface area contributed by atoms with Crippen LogP contribution in [0.2, 0.25) is 0 Å². The number of fused-ring (bicyclic) bond motifs is 1. The summed E-state index contributed by atoms with van der Waals surface area (Å²) in [5.41, 5.74) is 1.30. The van der Waals surface area contributed by atoms with E-state index in [4.69, 9.17) is 4.74 Å². The molecule has 1 heterocycles. The molecule has 1 N–H and O–H groups in total. The summed E-state index contributed by atoms with van der Waals surface area (Å²) in [5.74, 6) is 0.895. The molecule has 2 rings (SSSR count). The molecule has 0 amide bonds. The number of para-hydroxylation sites is 1. The van der Waals surface area contributed by atoms with Crippen molar-refractivity contribution < 1.29 is 9.84 Å². The van der Waals surface area contributed by atoms with Crippen molar-refractivity contribution in [1.29, 1.82) is 0 Å². The van der Waals surface area contributed by atoms with Gasteiger partial charge in [-0.15, -0.1) is 0 Å². The lowest BCUT2D eigenvalue weighted by Crippen LogP contribution is -2.20. The highest BCUT2D eigenvalue weighted by molar-refractivity contribution is 5.45. The SMILES string of the molecule is CC(C)(O)c1cccc2c1OCCC2. The van der Waals surface area contributed by atoms with E-state index in [0.29, 0.717) is 0 Å². The van der Waals surface area contributed by atoms with Gasteiger partial charge < -0.3 is 9.84 Å². The van der Waals surface area contributed by atoms with Crippen molar-refractivity contribution in [3.63, 3.8) is 0 Å². The molecule has 0 saturated heterocycles. The number of benzene rings is 1. The highest BCUT2D eigenvalue weighted by Crippen LogP contribution is 2.35. The maximum Gasteiger partial charge on any atom is 0.128 e. The molecule has 0 atom stereocenters. The third-order valence-electron chi connectivity index (χ3n) is 2.59. The molecule has 1 aliphatic heterocycles. The summed E-state index contributed by atoms with van der Waals surface area (Å²) in [6.07, 6.45) is 2.13. The van der Waals surface area contributed by atoms with Crippen LogP contribution in [0.4, 0.5) is 0 Å². The minimum atomic E-state index is -0.817. The van der Waals surface area contributed by atoms with E-state index >= 15 is 0 Å². The smallest absolute Gasteiger partial charge is 0.128 e. The van der Waals surface area contributed by atoms with Crippen LogP contribution in [0, 0.1) is 0 Å². The molecule has 0 spiro atoms. The summed E-state index contributed by atoms with van der Waals surface area (Å²) in [6.45, 7) is 4.35. The highest BCUT2D eigenvalue weighted by atomic mass is 16.5. The fourth-order valence-electron chi connectivity index (χ4n) is 1.87. The third-order valence-corrected chi connectivity index (χ3v) is 2.59. The lowest BCUT2D eigenvalue weighted by molar-refractivity contribution is 0.0739. The van der Waals surface area contributed by atoms with Gasteiger partial charge in [-0.25, -0.2) is 0 Å². The molecule has 1 aromatic carbocycles. The summed E-state index contributed by atoms with van der Waals surface area (Å²) in [4.78, 5) is 0. The van der Waals surface area contributed by atoms with E-state index < -0.39 is 5.60 Å². The van der Waals surface area contributed by atoms with Crippen LogP contribution >= 0.6 is 0 Å². The van der Waals surface area contributed by atoms with E-state index in [1.807, 2.05) is 12.1 Å². The second-order valence-electron chi connectivity index (χ2n) is 4.30. The van der Waals surface area contributed by atoms with Gasteiger partial charge in [-0.05, 0) is 32.3 Å². The van der Waals surface area contributed by atoms with Crippen LogP contribution in [0.15, 0.2) is 18.2 Å². The predicted octanol–water partition coefficient (Wildman–Crippen LogP) is 2.24. The first-order chi connectivity index (χ1) is 6.59. The Kier molecular flexibility index (Phi) is 2.23. The van der Waals surface area contributed by atoms with E-state index in [0.717, 1.165) is 30.8 Å². The zero-order valence-corrected chi connectivity index (χ0v) is 8.71. The van der Waals surface area contributed by atoms with Gasteiger partial charge in [0.2, 0.25) is 0 Å². The number of aliphatic hydroxyl groups is 1. The molecule has 1 aromatic rings. The zero-order valence-electron chi connectivity index (χ0n) is 8.71. The topological polar surface area (TPSA) is 29.5 Å². The van der Waals surface area contributed by atoms with Gasteiger partial charge in [0.15, 0.2) is 0 Å². The van der Waals surface area contributed by atoms with Crippen molar-refractivity contribution in [2.24, 2.45) is 0 Å². The maximum absolute atomic E-state index is 9.96. The largest absolute Gasteiger partial charge is 0.493 e. The minimum Gasteiger partial charge on any atom is -0.493 e. The quantitative estimate of drug-likeness (QED) is 0.739. The standard InChI is InChI=1S/C12H16O2/c1-12(2,13)10-7-3-5-9-6-4-8-14-11(9)10/h3,5,7,13H,4,6,8H2,1-2H3.